The molecule has 0 unspecified atom stereocenters. The molecule has 1 rings (SSSR count). The zero-order valence-electron chi connectivity index (χ0n) is 8.24. The van der Waals surface area contributed by atoms with Crippen LogP contribution in [0.15, 0.2) is 0 Å². The average Bonchev–Trinajstić information content (AvgIpc) is 1.92. The molecule has 1 aliphatic heterocycles. The van der Waals surface area contributed by atoms with E-state index in [0.717, 1.165) is 0 Å². The summed E-state index contributed by atoms with van der Waals surface area (Å²) in [7, 11) is 0. The molecule has 0 aromatic rings. The Morgan fingerprint density at radius 3 is 1.55 bits per heavy atom. The summed E-state index contributed by atoms with van der Waals surface area (Å²) < 4.78 is 0. The van der Waals surface area contributed by atoms with Gasteiger partial charge in [-0.05, 0) is 35.2 Å². The fourth-order valence-electron chi connectivity index (χ4n) is 1.42. The first-order chi connectivity index (χ1) is 4.91. The highest BCUT2D eigenvalue weighted by Crippen LogP contribution is 2.40. The molecule has 0 amide bonds. The highest BCUT2D eigenvalue weighted by Gasteiger charge is 2.28. The van der Waals surface area contributed by atoms with E-state index in [-0.39, 0.29) is 0 Å². The molecule has 0 nitrogen and oxygen atoms in total. The molecule has 0 aromatic heterocycles. The molecule has 1 aliphatic rings. The van der Waals surface area contributed by atoms with Crippen LogP contribution in [0, 0.1) is 10.8 Å². The van der Waals surface area contributed by atoms with Crippen molar-refractivity contribution in [1.29, 1.82) is 0 Å². The number of hydrogen-bond acceptors (Lipinski definition) is 1. The van der Waals surface area contributed by atoms with Crippen LogP contribution in [0.1, 0.15) is 40.5 Å². The molecule has 0 spiro atoms. The van der Waals surface area contributed by atoms with Crippen molar-refractivity contribution < 1.29 is 0 Å². The fourth-order valence-corrected chi connectivity index (χ4v) is 2.92. The summed E-state index contributed by atoms with van der Waals surface area (Å²) in [6, 6.07) is 0. The molecule has 1 fully saturated rings. The largest absolute Gasteiger partial charge is 0.161 e. The van der Waals surface area contributed by atoms with E-state index >= 15 is 0 Å². The highest BCUT2D eigenvalue weighted by atomic mass is 32.2. The van der Waals surface area contributed by atoms with Gasteiger partial charge in [0, 0.05) is 0 Å². The topological polar surface area (TPSA) is 0 Å². The van der Waals surface area contributed by atoms with E-state index in [1.54, 1.807) is 0 Å². The van der Waals surface area contributed by atoms with Gasteiger partial charge < -0.3 is 0 Å². The SMILES string of the molecule is CC1(C)CCC(C)(C)CSC1. The number of hydrogen-bond donors (Lipinski definition) is 0. The normalized spacial score (nSPS) is 29.5. The van der Waals surface area contributed by atoms with Crippen molar-refractivity contribution in [3.05, 3.63) is 0 Å². The minimum atomic E-state index is 0.582. The standard InChI is InChI=1S/C10H20S/c1-9(2)5-6-10(3,4)8-11-7-9/h5-8H2,1-4H3. The molecule has 0 aromatic carbocycles. The predicted molar refractivity (Wildman–Crippen MR) is 54.1 cm³/mol. The molecule has 1 heterocycles. The molecule has 0 saturated carbocycles. The van der Waals surface area contributed by atoms with Crippen molar-refractivity contribution in [3.63, 3.8) is 0 Å². The molecule has 0 aliphatic carbocycles. The van der Waals surface area contributed by atoms with Crippen LogP contribution in [0.3, 0.4) is 0 Å². The minimum absolute atomic E-state index is 0.582. The molecule has 11 heavy (non-hydrogen) atoms. The Bertz CT molecular complexity index is 120. The van der Waals surface area contributed by atoms with E-state index in [9.17, 15) is 0 Å². The summed E-state index contributed by atoms with van der Waals surface area (Å²) >= 11 is 2.13. The van der Waals surface area contributed by atoms with Crippen molar-refractivity contribution in [2.75, 3.05) is 11.5 Å². The first-order valence-electron chi connectivity index (χ1n) is 4.49. The van der Waals surface area contributed by atoms with Crippen LogP contribution in [0.25, 0.3) is 0 Å². The van der Waals surface area contributed by atoms with E-state index in [1.165, 1.54) is 24.3 Å². The van der Waals surface area contributed by atoms with Gasteiger partial charge in [-0.15, -0.1) is 0 Å². The van der Waals surface area contributed by atoms with Gasteiger partial charge in [0.25, 0.3) is 0 Å². The van der Waals surface area contributed by atoms with Crippen LogP contribution in [-0.4, -0.2) is 11.5 Å². The van der Waals surface area contributed by atoms with Crippen LogP contribution < -0.4 is 0 Å². The van der Waals surface area contributed by atoms with Crippen molar-refractivity contribution in [1.82, 2.24) is 0 Å². The summed E-state index contributed by atoms with van der Waals surface area (Å²) in [6.45, 7) is 9.56. The lowest BCUT2D eigenvalue weighted by molar-refractivity contribution is 0.295. The van der Waals surface area contributed by atoms with Crippen molar-refractivity contribution in [2.24, 2.45) is 10.8 Å². The molecule has 0 bridgehead atoms. The second-order valence-electron chi connectivity index (χ2n) is 5.32. The van der Waals surface area contributed by atoms with Gasteiger partial charge in [-0.25, -0.2) is 0 Å². The van der Waals surface area contributed by atoms with Gasteiger partial charge in [-0.1, -0.05) is 27.7 Å². The second kappa shape index (κ2) is 3.01. The summed E-state index contributed by atoms with van der Waals surface area (Å²) in [5, 5.41) is 0. The van der Waals surface area contributed by atoms with Crippen molar-refractivity contribution >= 4 is 11.8 Å². The molecule has 0 N–H and O–H groups in total. The van der Waals surface area contributed by atoms with Gasteiger partial charge in [0.05, 0.1) is 0 Å². The summed E-state index contributed by atoms with van der Waals surface area (Å²) in [4.78, 5) is 0. The van der Waals surface area contributed by atoms with E-state index < -0.39 is 0 Å². The fraction of sp³-hybridized carbons (Fsp3) is 1.00. The average molecular weight is 172 g/mol. The zero-order chi connectivity index (χ0) is 8.54. The molecule has 1 heteroatoms. The van der Waals surface area contributed by atoms with Gasteiger partial charge in [0.15, 0.2) is 0 Å². The summed E-state index contributed by atoms with van der Waals surface area (Å²) in [6.07, 6.45) is 2.79. The lowest BCUT2D eigenvalue weighted by atomic mass is 9.81. The van der Waals surface area contributed by atoms with Gasteiger partial charge in [0.1, 0.15) is 0 Å². The third-order valence-electron chi connectivity index (χ3n) is 2.46. The van der Waals surface area contributed by atoms with Crippen LogP contribution in [-0.2, 0) is 0 Å². The van der Waals surface area contributed by atoms with Crippen LogP contribution >= 0.6 is 11.8 Å². The second-order valence-corrected chi connectivity index (χ2v) is 6.31. The Morgan fingerprint density at radius 2 is 1.18 bits per heavy atom. The molecule has 66 valence electrons. The molecule has 0 radical (unpaired) electrons. The molecule has 0 atom stereocenters. The number of thioether (sulfide) groups is 1. The third-order valence-corrected chi connectivity index (χ3v) is 4.44. The maximum atomic E-state index is 2.39. The molecular weight excluding hydrogens is 152 g/mol. The Morgan fingerprint density at radius 1 is 0.818 bits per heavy atom. The van der Waals surface area contributed by atoms with Gasteiger partial charge in [-0.3, -0.25) is 0 Å². The number of rotatable bonds is 0. The highest BCUT2D eigenvalue weighted by molar-refractivity contribution is 7.99. The van der Waals surface area contributed by atoms with Crippen LogP contribution in [0.2, 0.25) is 0 Å². The summed E-state index contributed by atoms with van der Waals surface area (Å²) in [5.41, 5.74) is 1.16. The first-order valence-corrected chi connectivity index (χ1v) is 5.65. The van der Waals surface area contributed by atoms with E-state index in [4.69, 9.17) is 0 Å². The van der Waals surface area contributed by atoms with Gasteiger partial charge in [0.2, 0.25) is 0 Å². The Labute approximate surface area is 75.1 Å². The smallest absolute Gasteiger partial charge is 0.00159 e. The Kier molecular flexibility index (Phi) is 2.58. The minimum Gasteiger partial charge on any atom is -0.161 e. The maximum Gasteiger partial charge on any atom is -0.00159 e. The lowest BCUT2D eigenvalue weighted by Crippen LogP contribution is -2.15. The van der Waals surface area contributed by atoms with E-state index in [1.807, 2.05) is 0 Å². The predicted octanol–water partition coefficient (Wildman–Crippen LogP) is 3.57. The third kappa shape index (κ3) is 3.06. The van der Waals surface area contributed by atoms with Gasteiger partial charge >= 0.3 is 0 Å². The van der Waals surface area contributed by atoms with Crippen LogP contribution in [0.5, 0.6) is 0 Å². The Balaban J connectivity index is 2.53. The quantitative estimate of drug-likeness (QED) is 0.538. The van der Waals surface area contributed by atoms with E-state index in [2.05, 4.69) is 39.5 Å². The zero-order valence-corrected chi connectivity index (χ0v) is 9.05. The molecular formula is C10H20S. The maximum absolute atomic E-state index is 2.39. The Hall–Kier alpha value is 0.350. The van der Waals surface area contributed by atoms with Crippen molar-refractivity contribution in [2.45, 2.75) is 40.5 Å². The van der Waals surface area contributed by atoms with Crippen molar-refractivity contribution in [3.8, 4) is 0 Å². The molecule has 1 saturated heterocycles. The monoisotopic (exact) mass is 172 g/mol. The van der Waals surface area contributed by atoms with Gasteiger partial charge in [-0.2, -0.15) is 11.8 Å². The van der Waals surface area contributed by atoms with Crippen LogP contribution in [0.4, 0.5) is 0 Å². The lowest BCUT2D eigenvalue weighted by Gasteiger charge is -2.23. The van der Waals surface area contributed by atoms with E-state index in [0.29, 0.717) is 10.8 Å². The first kappa shape index (κ1) is 9.44. The summed E-state index contributed by atoms with van der Waals surface area (Å²) in [5.74, 6) is 2.69.